The standard InChI is InChI=1S/C21H24N2O2/c1-14-9-10-15(2)18(12-14)20-22-19-8-4-3-7-17(19)21(24)23(20)13-16-6-5-11-25-16/h3-4,7-10,12,16,20,22H,5-6,11,13H2,1-2H3/t16-,20+/m1/s1. The Kier molecular flexibility index (Phi) is 4.22. The monoisotopic (exact) mass is 336 g/mol. The maximum atomic E-state index is 13.2. The Labute approximate surface area is 148 Å². The zero-order valence-corrected chi connectivity index (χ0v) is 14.8. The molecule has 0 unspecified atom stereocenters. The zero-order valence-electron chi connectivity index (χ0n) is 14.8. The van der Waals surface area contributed by atoms with Crippen molar-refractivity contribution in [3.8, 4) is 0 Å². The molecule has 4 heteroatoms. The molecule has 0 spiro atoms. The van der Waals surface area contributed by atoms with Gasteiger partial charge in [0.25, 0.3) is 5.91 Å². The number of carbonyl (C=O) groups is 1. The molecule has 1 amide bonds. The van der Waals surface area contributed by atoms with Gasteiger partial charge in [-0.05, 0) is 49.9 Å². The molecule has 0 aromatic heterocycles. The first-order chi connectivity index (χ1) is 12.1. The van der Waals surface area contributed by atoms with Gasteiger partial charge in [0.15, 0.2) is 0 Å². The van der Waals surface area contributed by atoms with Crippen molar-refractivity contribution >= 4 is 11.6 Å². The summed E-state index contributed by atoms with van der Waals surface area (Å²) >= 11 is 0. The quantitative estimate of drug-likeness (QED) is 0.919. The molecule has 4 nitrogen and oxygen atoms in total. The molecule has 0 aliphatic carbocycles. The summed E-state index contributed by atoms with van der Waals surface area (Å²) in [5, 5.41) is 3.59. The van der Waals surface area contributed by atoms with Gasteiger partial charge in [-0.1, -0.05) is 35.9 Å². The van der Waals surface area contributed by atoms with E-state index in [4.69, 9.17) is 4.74 Å². The highest BCUT2D eigenvalue weighted by atomic mass is 16.5. The van der Waals surface area contributed by atoms with Crippen LogP contribution in [-0.2, 0) is 4.74 Å². The third-order valence-electron chi connectivity index (χ3n) is 5.18. The molecule has 130 valence electrons. The van der Waals surface area contributed by atoms with Gasteiger partial charge in [-0.25, -0.2) is 0 Å². The molecule has 2 aliphatic rings. The topological polar surface area (TPSA) is 41.6 Å². The number of para-hydroxylation sites is 1. The number of anilines is 1. The Morgan fingerprint density at radius 2 is 2.04 bits per heavy atom. The first kappa shape index (κ1) is 16.2. The number of nitrogens with one attached hydrogen (secondary N) is 1. The van der Waals surface area contributed by atoms with Gasteiger partial charge in [0, 0.05) is 18.8 Å². The number of amides is 1. The lowest BCUT2D eigenvalue weighted by molar-refractivity contribution is 0.0426. The summed E-state index contributed by atoms with van der Waals surface area (Å²) in [6, 6.07) is 14.2. The molecule has 0 radical (unpaired) electrons. The Bertz CT molecular complexity index is 796. The van der Waals surface area contributed by atoms with E-state index in [0.717, 1.165) is 36.3 Å². The van der Waals surface area contributed by atoms with Crippen LogP contribution in [0.5, 0.6) is 0 Å². The molecular formula is C21H24N2O2. The van der Waals surface area contributed by atoms with Crippen LogP contribution in [0, 0.1) is 13.8 Å². The van der Waals surface area contributed by atoms with Crippen molar-refractivity contribution in [1.29, 1.82) is 0 Å². The minimum Gasteiger partial charge on any atom is -0.376 e. The molecule has 25 heavy (non-hydrogen) atoms. The summed E-state index contributed by atoms with van der Waals surface area (Å²) in [4.78, 5) is 15.2. The lowest BCUT2D eigenvalue weighted by Gasteiger charge is -2.40. The number of aryl methyl sites for hydroxylation is 2. The van der Waals surface area contributed by atoms with Crippen molar-refractivity contribution in [2.45, 2.75) is 39.0 Å². The molecule has 1 fully saturated rings. The van der Waals surface area contributed by atoms with Gasteiger partial charge >= 0.3 is 0 Å². The van der Waals surface area contributed by atoms with Gasteiger partial charge in [-0.3, -0.25) is 4.79 Å². The highest BCUT2D eigenvalue weighted by Gasteiger charge is 2.35. The number of nitrogens with zero attached hydrogens (tertiary/aromatic N) is 1. The van der Waals surface area contributed by atoms with Crippen LogP contribution in [0.15, 0.2) is 42.5 Å². The maximum Gasteiger partial charge on any atom is 0.257 e. The van der Waals surface area contributed by atoms with E-state index >= 15 is 0 Å². The normalized spacial score (nSPS) is 22.6. The Morgan fingerprint density at radius 3 is 2.84 bits per heavy atom. The SMILES string of the molecule is Cc1ccc(C)c([C@H]2Nc3ccccc3C(=O)N2C[C@H]2CCCO2)c1. The third kappa shape index (κ3) is 3.02. The Morgan fingerprint density at radius 1 is 1.20 bits per heavy atom. The second-order valence-electron chi connectivity index (χ2n) is 7.05. The number of benzene rings is 2. The first-order valence-corrected chi connectivity index (χ1v) is 8.99. The van der Waals surface area contributed by atoms with Gasteiger partial charge in [0.2, 0.25) is 0 Å². The molecule has 0 saturated carbocycles. The van der Waals surface area contributed by atoms with E-state index in [1.807, 2.05) is 29.2 Å². The minimum absolute atomic E-state index is 0.0794. The van der Waals surface area contributed by atoms with E-state index in [2.05, 4.69) is 37.4 Å². The summed E-state index contributed by atoms with van der Waals surface area (Å²) in [5.41, 5.74) is 5.18. The van der Waals surface area contributed by atoms with Crippen molar-refractivity contribution < 1.29 is 9.53 Å². The lowest BCUT2D eigenvalue weighted by atomic mass is 9.98. The molecule has 0 bridgehead atoms. The highest BCUT2D eigenvalue weighted by molar-refractivity contribution is 6.01. The van der Waals surface area contributed by atoms with E-state index in [1.165, 1.54) is 11.1 Å². The number of carbonyl (C=O) groups excluding carboxylic acids is 1. The van der Waals surface area contributed by atoms with Gasteiger partial charge in [-0.15, -0.1) is 0 Å². The number of hydrogen-bond donors (Lipinski definition) is 1. The molecule has 2 aromatic carbocycles. The summed E-state index contributed by atoms with van der Waals surface area (Å²) in [6.45, 7) is 5.61. The molecule has 2 aliphatic heterocycles. The van der Waals surface area contributed by atoms with Crippen LogP contribution in [-0.4, -0.2) is 30.1 Å². The van der Waals surface area contributed by atoms with E-state index in [-0.39, 0.29) is 18.2 Å². The zero-order chi connectivity index (χ0) is 17.4. The summed E-state index contributed by atoms with van der Waals surface area (Å²) < 4.78 is 5.81. The largest absolute Gasteiger partial charge is 0.376 e. The van der Waals surface area contributed by atoms with Gasteiger partial charge in [-0.2, -0.15) is 0 Å². The average molecular weight is 336 g/mol. The second-order valence-corrected chi connectivity index (χ2v) is 7.05. The van der Waals surface area contributed by atoms with Crippen molar-refractivity contribution in [3.63, 3.8) is 0 Å². The van der Waals surface area contributed by atoms with Crippen LogP contribution in [0.3, 0.4) is 0 Å². The van der Waals surface area contributed by atoms with E-state index < -0.39 is 0 Å². The molecule has 1 saturated heterocycles. The van der Waals surface area contributed by atoms with Crippen LogP contribution in [0.4, 0.5) is 5.69 Å². The number of fused-ring (bicyclic) bond motifs is 1. The predicted molar refractivity (Wildman–Crippen MR) is 98.7 cm³/mol. The maximum absolute atomic E-state index is 13.2. The fourth-order valence-electron chi connectivity index (χ4n) is 3.79. The molecule has 4 rings (SSSR count). The van der Waals surface area contributed by atoms with Crippen LogP contribution >= 0.6 is 0 Å². The number of hydrogen-bond acceptors (Lipinski definition) is 3. The highest BCUT2D eigenvalue weighted by Crippen LogP contribution is 2.35. The van der Waals surface area contributed by atoms with Crippen molar-refractivity contribution in [1.82, 2.24) is 4.90 Å². The Balaban J connectivity index is 1.75. The van der Waals surface area contributed by atoms with E-state index in [9.17, 15) is 4.79 Å². The summed E-state index contributed by atoms with van der Waals surface area (Å²) in [6.07, 6.45) is 2.06. The number of rotatable bonds is 3. The van der Waals surface area contributed by atoms with Crippen LogP contribution < -0.4 is 5.32 Å². The smallest absolute Gasteiger partial charge is 0.257 e. The first-order valence-electron chi connectivity index (χ1n) is 8.99. The predicted octanol–water partition coefficient (Wildman–Crippen LogP) is 4.05. The molecule has 2 heterocycles. The molecule has 2 atom stereocenters. The minimum atomic E-state index is -0.161. The van der Waals surface area contributed by atoms with Crippen LogP contribution in [0.1, 0.15) is 46.1 Å². The average Bonchev–Trinajstić information content (AvgIpc) is 3.13. The fourth-order valence-corrected chi connectivity index (χ4v) is 3.79. The molecule has 1 N–H and O–H groups in total. The third-order valence-corrected chi connectivity index (χ3v) is 5.18. The number of ether oxygens (including phenoxy) is 1. The van der Waals surface area contributed by atoms with Crippen molar-refractivity contribution in [2.24, 2.45) is 0 Å². The van der Waals surface area contributed by atoms with Crippen molar-refractivity contribution in [3.05, 3.63) is 64.7 Å². The van der Waals surface area contributed by atoms with Gasteiger partial charge in [0.1, 0.15) is 6.17 Å². The van der Waals surface area contributed by atoms with Crippen molar-refractivity contribution in [2.75, 3.05) is 18.5 Å². The van der Waals surface area contributed by atoms with E-state index in [1.54, 1.807) is 0 Å². The Hall–Kier alpha value is -2.33. The summed E-state index contributed by atoms with van der Waals surface area (Å²) in [5.74, 6) is 0.0794. The molecule has 2 aromatic rings. The molecular weight excluding hydrogens is 312 g/mol. The fraction of sp³-hybridized carbons (Fsp3) is 0.381. The second kappa shape index (κ2) is 6.52. The van der Waals surface area contributed by atoms with E-state index in [0.29, 0.717) is 6.54 Å². The summed E-state index contributed by atoms with van der Waals surface area (Å²) in [7, 11) is 0. The van der Waals surface area contributed by atoms with Crippen LogP contribution in [0.2, 0.25) is 0 Å². The van der Waals surface area contributed by atoms with Gasteiger partial charge in [0.05, 0.1) is 11.7 Å². The van der Waals surface area contributed by atoms with Gasteiger partial charge < -0.3 is 15.0 Å². The lowest BCUT2D eigenvalue weighted by Crippen LogP contribution is -2.46. The van der Waals surface area contributed by atoms with Crippen LogP contribution in [0.25, 0.3) is 0 Å².